The third kappa shape index (κ3) is 2.80. The Kier molecular flexibility index (Phi) is 3.92. The highest BCUT2D eigenvalue weighted by atomic mass is 35.5. The number of rotatable bonds is 2. The van der Waals surface area contributed by atoms with Crippen LogP contribution in [0.4, 0.5) is 0 Å². The minimum atomic E-state index is -0.247. The van der Waals surface area contributed by atoms with Crippen LogP contribution in [0.3, 0.4) is 0 Å². The lowest BCUT2D eigenvalue weighted by molar-refractivity contribution is 0.394. The first-order chi connectivity index (χ1) is 7.66. The van der Waals surface area contributed by atoms with Crippen molar-refractivity contribution < 1.29 is 0 Å². The van der Waals surface area contributed by atoms with Gasteiger partial charge in [0, 0.05) is 5.25 Å². The predicted octanol–water partition coefficient (Wildman–Crippen LogP) is 3.09. The van der Waals surface area contributed by atoms with Gasteiger partial charge in [0.05, 0.1) is 6.33 Å². The Bertz CT molecular complexity index is 421. The van der Waals surface area contributed by atoms with Crippen LogP contribution in [0.15, 0.2) is 16.1 Å². The fraction of sp³-hybridized carbons (Fsp3) is 0.636. The lowest BCUT2D eigenvalue weighted by Gasteiger charge is -2.25. The summed E-state index contributed by atoms with van der Waals surface area (Å²) in [5.41, 5.74) is -0.247. The van der Waals surface area contributed by atoms with Crippen LogP contribution in [0.1, 0.15) is 32.6 Å². The second-order valence-electron chi connectivity index (χ2n) is 4.36. The van der Waals surface area contributed by atoms with Crippen LogP contribution in [0.2, 0.25) is 5.02 Å². The molecule has 1 aliphatic rings. The van der Waals surface area contributed by atoms with Crippen LogP contribution in [-0.4, -0.2) is 15.2 Å². The van der Waals surface area contributed by atoms with Gasteiger partial charge in [-0.1, -0.05) is 31.4 Å². The molecule has 0 saturated heterocycles. The molecule has 0 aromatic carbocycles. The Labute approximate surface area is 104 Å². The minimum Gasteiger partial charge on any atom is -0.312 e. The number of H-pyrrole nitrogens is 1. The number of aromatic amines is 1. The second kappa shape index (κ2) is 5.23. The molecule has 2 rings (SSSR count). The highest BCUT2D eigenvalue weighted by Crippen LogP contribution is 2.36. The van der Waals surface area contributed by atoms with Gasteiger partial charge in [-0.25, -0.2) is 4.98 Å². The molecule has 0 amide bonds. The molecule has 1 aromatic heterocycles. The Morgan fingerprint density at radius 2 is 2.38 bits per heavy atom. The van der Waals surface area contributed by atoms with E-state index in [1.807, 2.05) is 0 Å². The maximum absolute atomic E-state index is 11.3. The summed E-state index contributed by atoms with van der Waals surface area (Å²) in [4.78, 5) is 17.9. The number of hydrogen-bond donors (Lipinski definition) is 1. The van der Waals surface area contributed by atoms with Gasteiger partial charge in [-0.15, -0.1) is 11.8 Å². The first kappa shape index (κ1) is 12.0. The fourth-order valence-electron chi connectivity index (χ4n) is 2.09. The standard InChI is InChI=1S/C11H15ClN2OS/c1-7-3-2-4-8(5-7)16-11-9(12)10(15)13-6-14-11/h6-8H,2-5H2,1H3,(H,13,14,15). The highest BCUT2D eigenvalue weighted by Gasteiger charge is 2.21. The van der Waals surface area contributed by atoms with Gasteiger partial charge in [-0.2, -0.15) is 0 Å². The SMILES string of the molecule is CC1CCCC(Sc2nc[nH]c(=O)c2Cl)C1. The molecular formula is C11H15ClN2OS. The maximum atomic E-state index is 11.3. The van der Waals surface area contributed by atoms with Crippen LogP contribution in [0.25, 0.3) is 0 Å². The molecule has 1 heterocycles. The molecule has 2 unspecified atom stereocenters. The molecule has 2 atom stereocenters. The largest absolute Gasteiger partial charge is 0.312 e. The predicted molar refractivity (Wildman–Crippen MR) is 67.1 cm³/mol. The van der Waals surface area contributed by atoms with Crippen molar-refractivity contribution in [1.29, 1.82) is 0 Å². The molecule has 5 heteroatoms. The molecule has 0 aliphatic heterocycles. The van der Waals surface area contributed by atoms with Crippen LogP contribution in [0.5, 0.6) is 0 Å². The van der Waals surface area contributed by atoms with Crippen molar-refractivity contribution in [3.63, 3.8) is 0 Å². The van der Waals surface area contributed by atoms with Crippen molar-refractivity contribution in [3.8, 4) is 0 Å². The lowest BCUT2D eigenvalue weighted by atomic mass is 9.91. The van der Waals surface area contributed by atoms with Gasteiger partial charge in [0.25, 0.3) is 5.56 Å². The van der Waals surface area contributed by atoms with Gasteiger partial charge in [-0.3, -0.25) is 4.79 Å². The Morgan fingerprint density at radius 3 is 3.12 bits per heavy atom. The molecule has 3 nitrogen and oxygen atoms in total. The summed E-state index contributed by atoms with van der Waals surface area (Å²) in [6, 6.07) is 0. The van der Waals surface area contributed by atoms with E-state index in [9.17, 15) is 4.79 Å². The van der Waals surface area contributed by atoms with Crippen molar-refractivity contribution >= 4 is 23.4 Å². The van der Waals surface area contributed by atoms with Crippen molar-refractivity contribution in [2.24, 2.45) is 5.92 Å². The number of aromatic nitrogens is 2. The zero-order valence-electron chi connectivity index (χ0n) is 9.20. The first-order valence-electron chi connectivity index (χ1n) is 5.56. The molecule has 1 saturated carbocycles. The topological polar surface area (TPSA) is 45.8 Å². The van der Waals surface area contributed by atoms with E-state index >= 15 is 0 Å². The van der Waals surface area contributed by atoms with Crippen molar-refractivity contribution in [2.45, 2.75) is 42.9 Å². The van der Waals surface area contributed by atoms with Gasteiger partial charge in [0.1, 0.15) is 10.0 Å². The van der Waals surface area contributed by atoms with Gasteiger partial charge in [0.2, 0.25) is 0 Å². The van der Waals surface area contributed by atoms with Crippen molar-refractivity contribution in [3.05, 3.63) is 21.7 Å². The molecule has 1 N–H and O–H groups in total. The first-order valence-corrected chi connectivity index (χ1v) is 6.82. The average molecular weight is 259 g/mol. The summed E-state index contributed by atoms with van der Waals surface area (Å²) >= 11 is 7.57. The molecule has 16 heavy (non-hydrogen) atoms. The third-order valence-electron chi connectivity index (χ3n) is 2.93. The zero-order valence-corrected chi connectivity index (χ0v) is 10.8. The molecule has 0 bridgehead atoms. The van der Waals surface area contributed by atoms with E-state index < -0.39 is 0 Å². The molecule has 0 spiro atoms. The van der Waals surface area contributed by atoms with E-state index in [1.165, 1.54) is 32.0 Å². The average Bonchev–Trinajstić information content (AvgIpc) is 2.25. The molecule has 0 radical (unpaired) electrons. The number of thioether (sulfide) groups is 1. The molecular weight excluding hydrogens is 244 g/mol. The number of nitrogens with one attached hydrogen (secondary N) is 1. The highest BCUT2D eigenvalue weighted by molar-refractivity contribution is 8.00. The van der Waals surface area contributed by atoms with E-state index in [4.69, 9.17) is 11.6 Å². The van der Waals surface area contributed by atoms with E-state index in [0.717, 1.165) is 5.92 Å². The van der Waals surface area contributed by atoms with Crippen molar-refractivity contribution in [1.82, 2.24) is 9.97 Å². The van der Waals surface area contributed by atoms with E-state index in [0.29, 0.717) is 10.3 Å². The summed E-state index contributed by atoms with van der Waals surface area (Å²) in [6.07, 6.45) is 6.38. The number of hydrogen-bond acceptors (Lipinski definition) is 3. The normalized spacial score (nSPS) is 25.6. The fourth-order valence-corrected chi connectivity index (χ4v) is 3.66. The van der Waals surface area contributed by atoms with Gasteiger partial charge in [-0.05, 0) is 18.8 Å². The van der Waals surface area contributed by atoms with Crippen LogP contribution in [0, 0.1) is 5.92 Å². The monoisotopic (exact) mass is 258 g/mol. The van der Waals surface area contributed by atoms with Crippen LogP contribution < -0.4 is 5.56 Å². The molecule has 1 fully saturated rings. The third-order valence-corrected chi connectivity index (χ3v) is 4.69. The maximum Gasteiger partial charge on any atom is 0.270 e. The van der Waals surface area contributed by atoms with Crippen LogP contribution >= 0.6 is 23.4 Å². The summed E-state index contributed by atoms with van der Waals surface area (Å²) in [7, 11) is 0. The van der Waals surface area contributed by atoms with Crippen molar-refractivity contribution in [2.75, 3.05) is 0 Å². The summed E-state index contributed by atoms with van der Waals surface area (Å²) in [5, 5.41) is 1.45. The summed E-state index contributed by atoms with van der Waals surface area (Å²) in [6.45, 7) is 2.28. The Hall–Kier alpha value is -0.480. The minimum absolute atomic E-state index is 0.228. The van der Waals surface area contributed by atoms with Crippen LogP contribution in [-0.2, 0) is 0 Å². The van der Waals surface area contributed by atoms with Gasteiger partial charge < -0.3 is 4.98 Å². The van der Waals surface area contributed by atoms with Gasteiger partial charge in [0.15, 0.2) is 0 Å². The smallest absolute Gasteiger partial charge is 0.270 e. The summed E-state index contributed by atoms with van der Waals surface area (Å²) < 4.78 is 0. The van der Waals surface area contributed by atoms with Gasteiger partial charge >= 0.3 is 0 Å². The Morgan fingerprint density at radius 1 is 1.56 bits per heavy atom. The molecule has 1 aromatic rings. The lowest BCUT2D eigenvalue weighted by Crippen LogP contribution is -2.16. The van der Waals surface area contributed by atoms with E-state index in [-0.39, 0.29) is 10.6 Å². The van der Waals surface area contributed by atoms with E-state index in [1.54, 1.807) is 11.8 Å². The Balaban J connectivity index is 2.08. The molecule has 88 valence electrons. The number of nitrogens with zero attached hydrogens (tertiary/aromatic N) is 1. The second-order valence-corrected chi connectivity index (χ2v) is 6.03. The number of halogens is 1. The van der Waals surface area contributed by atoms with E-state index in [2.05, 4.69) is 16.9 Å². The summed E-state index contributed by atoms with van der Waals surface area (Å²) in [5.74, 6) is 0.770. The quantitative estimate of drug-likeness (QED) is 0.830. The zero-order chi connectivity index (χ0) is 11.5. The molecule has 1 aliphatic carbocycles.